The molecule has 168 valence electrons. The molecule has 0 amide bonds. The Kier molecular flexibility index (Phi) is 6.11. The zero-order chi connectivity index (χ0) is 21.4. The number of aryl methyl sites for hydroxylation is 1. The topological polar surface area (TPSA) is 98.8 Å². The molecule has 2 N–H and O–H groups in total. The highest BCUT2D eigenvalue weighted by molar-refractivity contribution is 7.89. The summed E-state index contributed by atoms with van der Waals surface area (Å²) in [6, 6.07) is 1.68. The van der Waals surface area contributed by atoms with Crippen LogP contribution in [0.25, 0.3) is 0 Å². The number of anilines is 1. The van der Waals surface area contributed by atoms with Crippen LogP contribution in [0.5, 0.6) is 0 Å². The standard InChI is InChI=1S/C21H33N3O5S/c1-15-10-19(22-11-16-13-28-20(2,3)29-16)23-12-17(15)30(25,26)24-18-6-9-27-14-21(18)7-4-5-8-21/h10,12,16,18,24H,4-9,11,13-14H2,1-3H3,(H,22,23)/t16-,18?/m0/s1. The van der Waals surface area contributed by atoms with Crippen molar-refractivity contribution >= 4 is 15.8 Å². The molecule has 1 aliphatic carbocycles. The molecule has 8 nitrogen and oxygen atoms in total. The van der Waals surface area contributed by atoms with Crippen LogP contribution in [0.3, 0.4) is 0 Å². The van der Waals surface area contributed by atoms with Crippen LogP contribution >= 0.6 is 0 Å². The molecule has 9 heteroatoms. The Labute approximate surface area is 179 Å². The van der Waals surface area contributed by atoms with Gasteiger partial charge in [-0.2, -0.15) is 0 Å². The minimum atomic E-state index is -3.66. The van der Waals surface area contributed by atoms with Gasteiger partial charge in [0.15, 0.2) is 5.79 Å². The average Bonchev–Trinajstić information content (AvgIpc) is 3.28. The molecular weight excluding hydrogens is 406 g/mol. The van der Waals surface area contributed by atoms with Crippen molar-refractivity contribution in [2.75, 3.05) is 31.7 Å². The third-order valence-electron chi connectivity index (χ3n) is 6.51. The zero-order valence-electron chi connectivity index (χ0n) is 18.1. The molecule has 1 spiro atoms. The summed E-state index contributed by atoms with van der Waals surface area (Å²) in [7, 11) is -3.66. The van der Waals surface area contributed by atoms with Gasteiger partial charge in [0, 0.05) is 30.8 Å². The first-order chi connectivity index (χ1) is 14.2. The fourth-order valence-corrected chi connectivity index (χ4v) is 6.44. The number of rotatable bonds is 6. The fraction of sp³-hybridized carbons (Fsp3) is 0.762. The lowest BCUT2D eigenvalue weighted by Gasteiger charge is -2.41. The van der Waals surface area contributed by atoms with Gasteiger partial charge in [0.25, 0.3) is 0 Å². The SMILES string of the molecule is Cc1cc(NC[C@H]2COC(C)(C)O2)ncc1S(=O)(=O)NC1CCOCC12CCCC2. The van der Waals surface area contributed by atoms with E-state index in [1.807, 2.05) is 13.8 Å². The summed E-state index contributed by atoms with van der Waals surface area (Å²) in [5.41, 5.74) is 0.599. The van der Waals surface area contributed by atoms with Gasteiger partial charge in [0.05, 0.1) is 13.2 Å². The van der Waals surface area contributed by atoms with Crippen LogP contribution in [0, 0.1) is 12.3 Å². The van der Waals surface area contributed by atoms with E-state index in [0.717, 1.165) is 25.7 Å². The van der Waals surface area contributed by atoms with E-state index in [1.54, 1.807) is 13.0 Å². The molecule has 0 bridgehead atoms. The molecule has 1 saturated carbocycles. The monoisotopic (exact) mass is 439 g/mol. The maximum absolute atomic E-state index is 13.2. The molecule has 1 aromatic heterocycles. The van der Waals surface area contributed by atoms with Crippen LogP contribution in [-0.2, 0) is 24.2 Å². The van der Waals surface area contributed by atoms with E-state index in [4.69, 9.17) is 14.2 Å². The number of hydrogen-bond acceptors (Lipinski definition) is 7. The Morgan fingerprint density at radius 3 is 2.70 bits per heavy atom. The third kappa shape index (κ3) is 4.65. The number of nitrogens with zero attached hydrogens (tertiary/aromatic N) is 1. The number of hydrogen-bond donors (Lipinski definition) is 2. The molecule has 0 aromatic carbocycles. The number of pyridine rings is 1. The Balaban J connectivity index is 1.42. The summed E-state index contributed by atoms with van der Waals surface area (Å²) in [4.78, 5) is 4.56. The Morgan fingerprint density at radius 1 is 1.27 bits per heavy atom. The van der Waals surface area contributed by atoms with E-state index >= 15 is 0 Å². The lowest BCUT2D eigenvalue weighted by Crippen LogP contribution is -2.52. The lowest BCUT2D eigenvalue weighted by atomic mass is 9.77. The van der Waals surface area contributed by atoms with Crippen LogP contribution < -0.4 is 10.0 Å². The van der Waals surface area contributed by atoms with Crippen LogP contribution in [-0.4, -0.2) is 57.7 Å². The second-order valence-electron chi connectivity index (χ2n) is 9.25. The quantitative estimate of drug-likeness (QED) is 0.703. The minimum Gasteiger partial charge on any atom is -0.381 e. The maximum Gasteiger partial charge on any atom is 0.242 e. The largest absolute Gasteiger partial charge is 0.381 e. The molecule has 0 radical (unpaired) electrons. The second-order valence-corrected chi connectivity index (χ2v) is 10.9. The smallest absolute Gasteiger partial charge is 0.242 e. The van der Waals surface area contributed by atoms with Crippen molar-refractivity contribution in [3.8, 4) is 0 Å². The van der Waals surface area contributed by atoms with Crippen molar-refractivity contribution in [3.63, 3.8) is 0 Å². The van der Waals surface area contributed by atoms with Crippen molar-refractivity contribution in [3.05, 3.63) is 17.8 Å². The van der Waals surface area contributed by atoms with Gasteiger partial charge in [-0.3, -0.25) is 0 Å². The third-order valence-corrected chi connectivity index (χ3v) is 8.11. The Morgan fingerprint density at radius 2 is 2.03 bits per heavy atom. The van der Waals surface area contributed by atoms with Gasteiger partial charge < -0.3 is 19.5 Å². The second kappa shape index (κ2) is 8.35. The normalized spacial score (nSPS) is 28.1. The van der Waals surface area contributed by atoms with E-state index < -0.39 is 15.8 Å². The molecule has 3 heterocycles. The van der Waals surface area contributed by atoms with Gasteiger partial charge in [0.1, 0.15) is 16.8 Å². The molecule has 2 aliphatic heterocycles. The fourth-order valence-electron chi connectivity index (χ4n) is 4.89. The van der Waals surface area contributed by atoms with Crippen molar-refractivity contribution < 1.29 is 22.6 Å². The van der Waals surface area contributed by atoms with E-state index in [-0.39, 0.29) is 22.5 Å². The van der Waals surface area contributed by atoms with Crippen LogP contribution in [0.4, 0.5) is 5.82 Å². The van der Waals surface area contributed by atoms with Crippen molar-refractivity contribution in [2.24, 2.45) is 5.41 Å². The molecule has 2 saturated heterocycles. The van der Waals surface area contributed by atoms with Crippen LogP contribution in [0.1, 0.15) is 51.5 Å². The van der Waals surface area contributed by atoms with Gasteiger partial charge in [0.2, 0.25) is 10.0 Å². The molecule has 1 aromatic rings. The minimum absolute atomic E-state index is 0.0642. The lowest BCUT2D eigenvalue weighted by molar-refractivity contribution is -0.136. The van der Waals surface area contributed by atoms with Gasteiger partial charge in [-0.05, 0) is 51.7 Å². The molecule has 30 heavy (non-hydrogen) atoms. The summed E-state index contributed by atoms with van der Waals surface area (Å²) in [5.74, 6) is 0.0539. The first-order valence-corrected chi connectivity index (χ1v) is 12.3. The Bertz CT molecular complexity index is 867. The summed E-state index contributed by atoms with van der Waals surface area (Å²) in [6.07, 6.45) is 6.39. The zero-order valence-corrected chi connectivity index (χ0v) is 18.9. The molecular formula is C21H33N3O5S. The summed E-state index contributed by atoms with van der Waals surface area (Å²) < 4.78 is 46.4. The number of aromatic nitrogens is 1. The van der Waals surface area contributed by atoms with Crippen molar-refractivity contribution in [1.29, 1.82) is 0 Å². The highest BCUT2D eigenvalue weighted by atomic mass is 32.2. The van der Waals surface area contributed by atoms with E-state index in [0.29, 0.717) is 44.2 Å². The van der Waals surface area contributed by atoms with Crippen LogP contribution in [0.2, 0.25) is 0 Å². The summed E-state index contributed by atoms with van der Waals surface area (Å²) in [5, 5.41) is 3.22. The van der Waals surface area contributed by atoms with Gasteiger partial charge in [-0.15, -0.1) is 0 Å². The van der Waals surface area contributed by atoms with E-state index in [2.05, 4.69) is 15.0 Å². The molecule has 1 unspecified atom stereocenters. The predicted octanol–water partition coefficient (Wildman–Crippen LogP) is 2.58. The van der Waals surface area contributed by atoms with Gasteiger partial charge in [-0.25, -0.2) is 18.1 Å². The first-order valence-electron chi connectivity index (χ1n) is 10.8. The van der Waals surface area contributed by atoms with E-state index in [1.165, 1.54) is 6.20 Å². The number of sulfonamides is 1. The van der Waals surface area contributed by atoms with Crippen molar-refractivity contribution in [2.45, 2.75) is 75.7 Å². The van der Waals surface area contributed by atoms with E-state index in [9.17, 15) is 8.42 Å². The predicted molar refractivity (Wildman–Crippen MR) is 113 cm³/mol. The maximum atomic E-state index is 13.2. The van der Waals surface area contributed by atoms with Gasteiger partial charge >= 0.3 is 0 Å². The highest BCUT2D eigenvalue weighted by Crippen LogP contribution is 2.44. The molecule has 4 rings (SSSR count). The summed E-state index contributed by atoms with van der Waals surface area (Å²) in [6.45, 7) is 7.87. The first kappa shape index (κ1) is 22.0. The molecule has 3 aliphatic rings. The number of ether oxygens (including phenoxy) is 3. The Hall–Kier alpha value is -1.26. The summed E-state index contributed by atoms with van der Waals surface area (Å²) >= 11 is 0. The highest BCUT2D eigenvalue weighted by Gasteiger charge is 2.45. The molecule has 2 atom stereocenters. The average molecular weight is 440 g/mol. The number of nitrogens with one attached hydrogen (secondary N) is 2. The van der Waals surface area contributed by atoms with Crippen LogP contribution in [0.15, 0.2) is 17.2 Å². The van der Waals surface area contributed by atoms with Crippen molar-refractivity contribution in [1.82, 2.24) is 9.71 Å². The molecule has 3 fully saturated rings. The van der Waals surface area contributed by atoms with Gasteiger partial charge in [-0.1, -0.05) is 12.8 Å².